The number of fused-ring (bicyclic) bond motifs is 1. The fourth-order valence-corrected chi connectivity index (χ4v) is 2.28. The summed E-state index contributed by atoms with van der Waals surface area (Å²) in [5, 5.41) is 12.6. The molecule has 0 aliphatic heterocycles. The number of hydrogen-bond acceptors (Lipinski definition) is 3. The van der Waals surface area contributed by atoms with Crippen LogP contribution in [0, 0.1) is 6.92 Å². The van der Waals surface area contributed by atoms with Crippen molar-refractivity contribution in [1.82, 2.24) is 10.3 Å². The third-order valence-corrected chi connectivity index (χ3v) is 3.54. The van der Waals surface area contributed by atoms with E-state index in [-0.39, 0.29) is 5.91 Å². The summed E-state index contributed by atoms with van der Waals surface area (Å²) in [6.45, 7) is 3.89. The van der Waals surface area contributed by atoms with Crippen LogP contribution in [-0.4, -0.2) is 28.0 Å². The first-order valence-electron chi connectivity index (χ1n) is 7.42. The van der Waals surface area contributed by atoms with Crippen molar-refractivity contribution in [3.8, 4) is 0 Å². The van der Waals surface area contributed by atoms with E-state index in [1.807, 2.05) is 26.0 Å². The fraction of sp³-hybridized carbons (Fsp3) is 0.353. The Kier molecular flexibility index (Phi) is 5.09. The predicted octanol–water partition coefficient (Wildman–Crippen LogP) is 2.92. The highest BCUT2D eigenvalue weighted by Crippen LogP contribution is 2.15. The molecule has 116 valence electrons. The third-order valence-electron chi connectivity index (χ3n) is 3.54. The van der Waals surface area contributed by atoms with E-state index in [2.05, 4.69) is 10.3 Å². The maximum atomic E-state index is 12.2. The van der Waals surface area contributed by atoms with Gasteiger partial charge in [-0.1, -0.05) is 25.8 Å². The lowest BCUT2D eigenvalue weighted by Crippen LogP contribution is -2.40. The van der Waals surface area contributed by atoms with Gasteiger partial charge in [0.15, 0.2) is 0 Å². The second-order valence-corrected chi connectivity index (χ2v) is 5.37. The van der Waals surface area contributed by atoms with Crippen LogP contribution in [0.25, 0.3) is 10.9 Å². The summed E-state index contributed by atoms with van der Waals surface area (Å²) in [7, 11) is 0. The van der Waals surface area contributed by atoms with Crippen LogP contribution in [0.5, 0.6) is 0 Å². The van der Waals surface area contributed by atoms with E-state index in [0.717, 1.165) is 29.4 Å². The lowest BCUT2D eigenvalue weighted by Gasteiger charge is -2.14. The number of rotatable bonds is 6. The van der Waals surface area contributed by atoms with Gasteiger partial charge in [0.05, 0.1) is 5.52 Å². The normalized spacial score (nSPS) is 12.1. The molecular formula is C17H20N2O3. The molecule has 1 atom stereocenters. The fourth-order valence-electron chi connectivity index (χ4n) is 2.28. The van der Waals surface area contributed by atoms with Gasteiger partial charge in [-0.15, -0.1) is 0 Å². The van der Waals surface area contributed by atoms with Crippen molar-refractivity contribution in [3.05, 3.63) is 41.6 Å². The van der Waals surface area contributed by atoms with Crippen molar-refractivity contribution < 1.29 is 14.7 Å². The van der Waals surface area contributed by atoms with Gasteiger partial charge in [-0.25, -0.2) is 4.79 Å². The van der Waals surface area contributed by atoms with Gasteiger partial charge in [0, 0.05) is 16.6 Å². The largest absolute Gasteiger partial charge is 0.480 e. The average molecular weight is 300 g/mol. The highest BCUT2D eigenvalue weighted by Gasteiger charge is 2.20. The average Bonchev–Trinajstić information content (AvgIpc) is 2.50. The number of hydrogen-bond donors (Lipinski definition) is 2. The number of aryl methyl sites for hydroxylation is 1. The maximum Gasteiger partial charge on any atom is 0.326 e. The molecule has 5 heteroatoms. The van der Waals surface area contributed by atoms with Crippen LogP contribution in [0.1, 0.15) is 42.2 Å². The molecule has 1 amide bonds. The number of pyridine rings is 1. The number of aromatic nitrogens is 1. The van der Waals surface area contributed by atoms with Crippen molar-refractivity contribution in [2.45, 2.75) is 39.2 Å². The second kappa shape index (κ2) is 7.02. The zero-order chi connectivity index (χ0) is 16.1. The van der Waals surface area contributed by atoms with Crippen LogP contribution < -0.4 is 5.32 Å². The van der Waals surface area contributed by atoms with E-state index in [9.17, 15) is 14.7 Å². The smallest absolute Gasteiger partial charge is 0.326 e. The molecule has 22 heavy (non-hydrogen) atoms. The van der Waals surface area contributed by atoms with Crippen molar-refractivity contribution in [2.24, 2.45) is 0 Å². The van der Waals surface area contributed by atoms with E-state index >= 15 is 0 Å². The maximum absolute atomic E-state index is 12.2. The van der Waals surface area contributed by atoms with E-state index < -0.39 is 12.0 Å². The highest BCUT2D eigenvalue weighted by atomic mass is 16.4. The molecule has 0 aliphatic rings. The molecule has 2 rings (SSSR count). The van der Waals surface area contributed by atoms with Crippen molar-refractivity contribution in [3.63, 3.8) is 0 Å². The number of nitrogens with zero attached hydrogens (tertiary/aromatic N) is 1. The van der Waals surface area contributed by atoms with Gasteiger partial charge in [-0.2, -0.15) is 0 Å². The van der Waals surface area contributed by atoms with Gasteiger partial charge >= 0.3 is 5.97 Å². The Morgan fingerprint density at radius 1 is 1.27 bits per heavy atom. The van der Waals surface area contributed by atoms with Crippen LogP contribution in [0.3, 0.4) is 0 Å². The zero-order valence-electron chi connectivity index (χ0n) is 12.8. The molecule has 1 aromatic carbocycles. The number of carboxylic acids is 1. The summed E-state index contributed by atoms with van der Waals surface area (Å²) in [5.41, 5.74) is 2.17. The first kappa shape index (κ1) is 15.9. The van der Waals surface area contributed by atoms with Gasteiger partial charge in [0.25, 0.3) is 5.91 Å². The van der Waals surface area contributed by atoms with E-state index in [0.29, 0.717) is 12.0 Å². The molecule has 1 heterocycles. The molecule has 0 radical (unpaired) electrons. The van der Waals surface area contributed by atoms with Gasteiger partial charge in [-0.05, 0) is 37.6 Å². The van der Waals surface area contributed by atoms with Gasteiger partial charge in [0.2, 0.25) is 0 Å². The number of carboxylic acid groups (broad SMARTS) is 1. The molecule has 2 aromatic rings. The molecule has 0 bridgehead atoms. The standard InChI is InChI=1S/C17H20N2O3/c1-3-4-5-15(17(21)22)19-16(20)13-8-9-14-12(10-13)7-6-11(2)18-14/h6-10,15H,3-5H2,1-2H3,(H,19,20)(H,21,22)/t15-/m0/s1. The Labute approximate surface area is 129 Å². The summed E-state index contributed by atoms with van der Waals surface area (Å²) in [4.78, 5) is 27.8. The Bertz CT molecular complexity index is 697. The lowest BCUT2D eigenvalue weighted by atomic mass is 10.1. The molecule has 0 unspecified atom stereocenters. The summed E-state index contributed by atoms with van der Waals surface area (Å²) >= 11 is 0. The summed E-state index contributed by atoms with van der Waals surface area (Å²) in [6, 6.07) is 8.11. The minimum Gasteiger partial charge on any atom is -0.480 e. The molecule has 0 aliphatic carbocycles. The number of amides is 1. The minimum absolute atomic E-state index is 0.369. The van der Waals surface area contributed by atoms with E-state index in [1.165, 1.54) is 0 Å². The zero-order valence-corrected chi connectivity index (χ0v) is 12.8. The molecular weight excluding hydrogens is 280 g/mol. The SMILES string of the molecule is CCCC[C@H](NC(=O)c1ccc2nc(C)ccc2c1)C(=O)O. The topological polar surface area (TPSA) is 79.3 Å². The third kappa shape index (κ3) is 3.81. The quantitative estimate of drug-likeness (QED) is 0.859. The molecule has 1 aromatic heterocycles. The Morgan fingerprint density at radius 3 is 2.73 bits per heavy atom. The van der Waals surface area contributed by atoms with Crippen LogP contribution in [-0.2, 0) is 4.79 Å². The number of aliphatic carboxylic acids is 1. The van der Waals surface area contributed by atoms with Gasteiger partial charge in [0.1, 0.15) is 6.04 Å². The lowest BCUT2D eigenvalue weighted by molar-refractivity contribution is -0.139. The first-order valence-corrected chi connectivity index (χ1v) is 7.42. The monoisotopic (exact) mass is 300 g/mol. The number of carbonyl (C=O) groups excluding carboxylic acids is 1. The number of nitrogens with one attached hydrogen (secondary N) is 1. The molecule has 2 N–H and O–H groups in total. The summed E-state index contributed by atoms with van der Waals surface area (Å²) < 4.78 is 0. The van der Waals surface area contributed by atoms with Crippen molar-refractivity contribution >= 4 is 22.8 Å². The van der Waals surface area contributed by atoms with Crippen LogP contribution in [0.4, 0.5) is 0 Å². The number of unbranched alkanes of at least 4 members (excludes halogenated alkanes) is 1. The Balaban J connectivity index is 2.17. The van der Waals surface area contributed by atoms with Crippen molar-refractivity contribution in [1.29, 1.82) is 0 Å². The van der Waals surface area contributed by atoms with Crippen LogP contribution >= 0.6 is 0 Å². The van der Waals surface area contributed by atoms with Gasteiger partial charge < -0.3 is 10.4 Å². The molecule has 0 fully saturated rings. The summed E-state index contributed by atoms with van der Waals surface area (Å²) in [6.07, 6.45) is 2.09. The predicted molar refractivity (Wildman–Crippen MR) is 84.9 cm³/mol. The van der Waals surface area contributed by atoms with E-state index in [4.69, 9.17) is 0 Å². The Morgan fingerprint density at radius 2 is 2.05 bits per heavy atom. The van der Waals surface area contributed by atoms with E-state index in [1.54, 1.807) is 18.2 Å². The minimum atomic E-state index is -1.00. The highest BCUT2D eigenvalue weighted by molar-refractivity contribution is 5.99. The summed E-state index contributed by atoms with van der Waals surface area (Å²) in [5.74, 6) is -1.37. The van der Waals surface area contributed by atoms with Crippen LogP contribution in [0.2, 0.25) is 0 Å². The second-order valence-electron chi connectivity index (χ2n) is 5.37. The molecule has 5 nitrogen and oxygen atoms in total. The van der Waals surface area contributed by atoms with Gasteiger partial charge in [-0.3, -0.25) is 9.78 Å². The number of benzene rings is 1. The molecule has 0 saturated heterocycles. The van der Waals surface area contributed by atoms with Crippen LogP contribution in [0.15, 0.2) is 30.3 Å². The van der Waals surface area contributed by atoms with Crippen molar-refractivity contribution in [2.75, 3.05) is 0 Å². The number of carbonyl (C=O) groups is 2. The Hall–Kier alpha value is -2.43. The first-order chi connectivity index (χ1) is 10.5. The molecule has 0 saturated carbocycles. The molecule has 0 spiro atoms.